The largest absolute Gasteiger partial charge is 0.399 e. The second-order valence-corrected chi connectivity index (χ2v) is 8.72. The van der Waals surface area contributed by atoms with Crippen LogP contribution >= 0.6 is 0 Å². The van der Waals surface area contributed by atoms with E-state index in [9.17, 15) is 20.6 Å². The van der Waals surface area contributed by atoms with Crippen molar-refractivity contribution in [1.82, 2.24) is 0 Å². The van der Waals surface area contributed by atoms with Crippen LogP contribution in [-0.4, -0.2) is 5.91 Å². The Morgan fingerprint density at radius 2 is 1.73 bits per heavy atom. The van der Waals surface area contributed by atoms with Crippen molar-refractivity contribution in [3.05, 3.63) is 88.6 Å². The van der Waals surface area contributed by atoms with E-state index in [1.165, 1.54) is 0 Å². The summed E-state index contributed by atoms with van der Waals surface area (Å²) >= 11 is 0. The highest BCUT2D eigenvalue weighted by atomic mass is 16.2. The number of carbonyl (C=O) groups is 1. The molecule has 0 unspecified atom stereocenters. The topological polar surface area (TPSA) is 118 Å². The fourth-order valence-corrected chi connectivity index (χ4v) is 5.97. The summed E-state index contributed by atoms with van der Waals surface area (Å²) < 4.78 is 0. The molecule has 2 atom stereocenters. The summed E-state index contributed by atoms with van der Waals surface area (Å²) in [5.74, 6) is -0.796. The number of carbonyl (C=O) groups excluding carboxylic acids is 1. The summed E-state index contributed by atoms with van der Waals surface area (Å²) in [7, 11) is 0. The van der Waals surface area contributed by atoms with Crippen LogP contribution in [-0.2, 0) is 16.8 Å². The summed E-state index contributed by atoms with van der Waals surface area (Å²) in [6, 6.07) is 23.4. The maximum absolute atomic E-state index is 14.5. The molecule has 1 aliphatic heterocycles. The van der Waals surface area contributed by atoms with E-state index in [2.05, 4.69) is 18.2 Å². The Labute approximate surface area is 192 Å². The van der Waals surface area contributed by atoms with Crippen molar-refractivity contribution in [2.45, 2.75) is 31.2 Å². The molecule has 2 N–H and O–H groups in total. The number of nitriles is 3. The molecule has 33 heavy (non-hydrogen) atoms. The highest BCUT2D eigenvalue weighted by Gasteiger charge is 2.72. The standard InChI is InChI=1S/C27H21N5O/c28-14-20-19-10-4-5-11-21(19)27(26(16-29,17-30)24(20)31)22-12-6-7-13-23(22)32(25(27)33)15-18-8-2-1-3-9-18/h1-3,6-10,12-13,21H,4-5,11,15,31H2/t21-,27+/m1/s1. The summed E-state index contributed by atoms with van der Waals surface area (Å²) in [5, 5.41) is 30.9. The number of hydrogen-bond donors (Lipinski definition) is 1. The molecule has 0 saturated carbocycles. The molecule has 1 heterocycles. The van der Waals surface area contributed by atoms with Gasteiger partial charge < -0.3 is 10.6 Å². The lowest BCUT2D eigenvalue weighted by Gasteiger charge is -2.49. The predicted molar refractivity (Wildman–Crippen MR) is 122 cm³/mol. The van der Waals surface area contributed by atoms with Crippen LogP contribution in [0.3, 0.4) is 0 Å². The number of allylic oxidation sites excluding steroid dienone is 4. The van der Waals surface area contributed by atoms with E-state index >= 15 is 0 Å². The van der Waals surface area contributed by atoms with Gasteiger partial charge in [-0.1, -0.05) is 54.6 Å². The van der Waals surface area contributed by atoms with Crippen LogP contribution in [0.2, 0.25) is 0 Å². The molecule has 3 aliphatic rings. The maximum atomic E-state index is 14.5. The number of hydrogen-bond acceptors (Lipinski definition) is 5. The first-order valence-corrected chi connectivity index (χ1v) is 11.0. The number of rotatable bonds is 2. The Morgan fingerprint density at radius 3 is 2.42 bits per heavy atom. The zero-order valence-corrected chi connectivity index (χ0v) is 18.0. The molecule has 2 aliphatic carbocycles. The smallest absolute Gasteiger partial charge is 0.241 e. The van der Waals surface area contributed by atoms with Gasteiger partial charge in [-0.3, -0.25) is 4.79 Å². The fraction of sp³-hybridized carbons (Fsp3) is 0.259. The van der Waals surface area contributed by atoms with Crippen LogP contribution in [0.5, 0.6) is 0 Å². The average Bonchev–Trinajstić information content (AvgIpc) is 3.10. The fourth-order valence-electron chi connectivity index (χ4n) is 5.97. The number of amides is 1. The maximum Gasteiger partial charge on any atom is 0.241 e. The van der Waals surface area contributed by atoms with Crippen molar-refractivity contribution in [2.24, 2.45) is 17.1 Å². The van der Waals surface area contributed by atoms with Gasteiger partial charge in [-0.25, -0.2) is 0 Å². The molecular weight excluding hydrogens is 410 g/mol. The predicted octanol–water partition coefficient (Wildman–Crippen LogP) is 3.98. The molecule has 6 nitrogen and oxygen atoms in total. The normalized spacial score (nSPS) is 24.9. The lowest BCUT2D eigenvalue weighted by Crippen LogP contribution is -2.61. The van der Waals surface area contributed by atoms with Crippen LogP contribution in [0.15, 0.2) is 77.5 Å². The summed E-state index contributed by atoms with van der Waals surface area (Å²) in [6.45, 7) is 0.311. The van der Waals surface area contributed by atoms with Crippen LogP contribution in [0, 0.1) is 45.3 Å². The second-order valence-electron chi connectivity index (χ2n) is 8.72. The minimum Gasteiger partial charge on any atom is -0.399 e. The average molecular weight is 431 g/mol. The molecule has 0 fully saturated rings. The Bertz CT molecular complexity index is 1340. The van der Waals surface area contributed by atoms with Crippen molar-refractivity contribution in [1.29, 1.82) is 15.8 Å². The van der Waals surface area contributed by atoms with Gasteiger partial charge >= 0.3 is 0 Å². The first-order valence-electron chi connectivity index (χ1n) is 11.0. The van der Waals surface area contributed by atoms with Crippen LogP contribution in [0.25, 0.3) is 0 Å². The van der Waals surface area contributed by atoms with E-state index in [4.69, 9.17) is 5.73 Å². The second kappa shape index (κ2) is 7.37. The lowest BCUT2D eigenvalue weighted by molar-refractivity contribution is -0.127. The van der Waals surface area contributed by atoms with E-state index in [1.54, 1.807) is 4.90 Å². The summed E-state index contributed by atoms with van der Waals surface area (Å²) in [4.78, 5) is 16.2. The molecule has 1 amide bonds. The molecule has 0 saturated heterocycles. The van der Waals surface area contributed by atoms with Gasteiger partial charge in [-0.15, -0.1) is 0 Å². The molecule has 2 aromatic carbocycles. The molecule has 0 radical (unpaired) electrons. The summed E-state index contributed by atoms with van der Waals surface area (Å²) in [5.41, 5.74) is 5.95. The highest BCUT2D eigenvalue weighted by Crippen LogP contribution is 2.64. The number of para-hydroxylation sites is 1. The third kappa shape index (κ3) is 2.43. The van der Waals surface area contributed by atoms with Gasteiger partial charge in [0.1, 0.15) is 11.5 Å². The molecule has 2 aromatic rings. The number of anilines is 1. The van der Waals surface area contributed by atoms with Crippen molar-refractivity contribution < 1.29 is 4.79 Å². The molecule has 0 bridgehead atoms. The SMILES string of the molecule is N#CC1=C(N)C(C#N)(C#N)[C@@]2(C(=O)N(Cc3ccccc3)c3ccccc32)[C@@H]2CCCC=C12. The Morgan fingerprint density at radius 1 is 1.03 bits per heavy atom. The van der Waals surface area contributed by atoms with Gasteiger partial charge in [0.05, 0.1) is 30.0 Å². The number of benzene rings is 2. The van der Waals surface area contributed by atoms with Gasteiger partial charge in [0.25, 0.3) is 0 Å². The Kier molecular flexibility index (Phi) is 4.59. The van der Waals surface area contributed by atoms with E-state index in [1.807, 2.05) is 60.7 Å². The monoisotopic (exact) mass is 431 g/mol. The van der Waals surface area contributed by atoms with Gasteiger partial charge in [-0.2, -0.15) is 15.8 Å². The zero-order valence-electron chi connectivity index (χ0n) is 18.0. The number of fused-ring (bicyclic) bond motifs is 4. The van der Waals surface area contributed by atoms with E-state index in [-0.39, 0.29) is 17.2 Å². The van der Waals surface area contributed by atoms with Crippen molar-refractivity contribution >= 4 is 11.6 Å². The first-order chi connectivity index (χ1) is 16.1. The summed E-state index contributed by atoms with van der Waals surface area (Å²) in [6.07, 6.45) is 4.11. The molecule has 5 rings (SSSR count). The lowest BCUT2D eigenvalue weighted by atomic mass is 9.47. The Balaban J connectivity index is 1.85. The number of nitrogens with zero attached hydrogens (tertiary/aromatic N) is 4. The van der Waals surface area contributed by atoms with Gasteiger partial charge in [0.15, 0.2) is 0 Å². The molecule has 1 spiro atoms. The first kappa shape index (κ1) is 20.6. The molecule has 0 aromatic heterocycles. The van der Waals surface area contributed by atoms with Crippen LogP contribution in [0.1, 0.15) is 30.4 Å². The van der Waals surface area contributed by atoms with Gasteiger partial charge in [0.2, 0.25) is 11.3 Å². The molecule has 160 valence electrons. The van der Waals surface area contributed by atoms with E-state index in [0.29, 0.717) is 29.8 Å². The van der Waals surface area contributed by atoms with E-state index in [0.717, 1.165) is 18.4 Å². The van der Waals surface area contributed by atoms with Crippen LogP contribution < -0.4 is 10.6 Å². The highest BCUT2D eigenvalue weighted by molar-refractivity contribution is 6.11. The van der Waals surface area contributed by atoms with Crippen molar-refractivity contribution in [3.63, 3.8) is 0 Å². The minimum absolute atomic E-state index is 0.121. The van der Waals surface area contributed by atoms with Crippen LogP contribution in [0.4, 0.5) is 5.69 Å². The molecular formula is C27H21N5O. The van der Waals surface area contributed by atoms with Gasteiger partial charge in [0, 0.05) is 11.6 Å². The zero-order chi connectivity index (χ0) is 23.2. The Hall–Kier alpha value is -4.34. The quantitative estimate of drug-likeness (QED) is 0.772. The third-order valence-corrected chi connectivity index (χ3v) is 7.35. The van der Waals surface area contributed by atoms with Gasteiger partial charge in [-0.05, 0) is 42.0 Å². The third-order valence-electron chi connectivity index (χ3n) is 7.35. The minimum atomic E-state index is -1.99. The van der Waals surface area contributed by atoms with Crippen molar-refractivity contribution in [2.75, 3.05) is 4.90 Å². The van der Waals surface area contributed by atoms with E-state index < -0.39 is 16.7 Å². The molecule has 6 heteroatoms. The number of nitrogens with two attached hydrogens (primary N) is 1. The van der Waals surface area contributed by atoms with Crippen molar-refractivity contribution in [3.8, 4) is 18.2 Å².